The number of aliphatic hydroxyl groups excluding tert-OH is 2. The van der Waals surface area contributed by atoms with E-state index in [0.29, 0.717) is 17.9 Å². The van der Waals surface area contributed by atoms with Crippen LogP contribution in [0.15, 0.2) is 47.2 Å². The van der Waals surface area contributed by atoms with Crippen molar-refractivity contribution in [1.82, 2.24) is 9.80 Å². The summed E-state index contributed by atoms with van der Waals surface area (Å²) in [7, 11) is 8.61. The number of carbonyl (C=O) groups is 3. The largest absolute Gasteiger partial charge is 0.508 e. The maximum atomic E-state index is 14.0. The van der Waals surface area contributed by atoms with Crippen LogP contribution in [0.2, 0.25) is 0 Å². The van der Waals surface area contributed by atoms with Crippen molar-refractivity contribution in [3.05, 3.63) is 63.9 Å². The molecule has 6 N–H and O–H groups in total. The quantitative estimate of drug-likeness (QED) is 0.318. The normalized spacial score (nSPS) is 25.5. The van der Waals surface area contributed by atoms with Gasteiger partial charge in [-0.3, -0.25) is 19.3 Å². The van der Waals surface area contributed by atoms with Gasteiger partial charge in [0.2, 0.25) is 5.78 Å². The average molecular weight is 578 g/mol. The van der Waals surface area contributed by atoms with Crippen LogP contribution in [0.3, 0.4) is 0 Å². The predicted molar refractivity (Wildman–Crippen MR) is 154 cm³/mol. The van der Waals surface area contributed by atoms with E-state index in [1.165, 1.54) is 11.0 Å². The third-order valence-electron chi connectivity index (χ3n) is 8.68. The number of benzene rings is 2. The molecule has 3 aliphatic rings. The number of fused-ring (bicyclic) bond motifs is 3. The Labute approximate surface area is 243 Å². The number of carbonyl (C=O) groups excluding carboxylic acids is 3. The van der Waals surface area contributed by atoms with E-state index >= 15 is 0 Å². The average Bonchev–Trinajstić information content (AvgIpc) is 2.90. The number of ketones is 2. The highest BCUT2D eigenvalue weighted by atomic mass is 16.5. The van der Waals surface area contributed by atoms with Crippen molar-refractivity contribution >= 4 is 23.2 Å². The second-order valence-corrected chi connectivity index (χ2v) is 11.7. The Morgan fingerprint density at radius 1 is 1.10 bits per heavy atom. The SMILES string of the molecule is COc1ccc(-c2ccc(O)c3c2C[C@H]2CC4[C@H](N(C)C)C(=O)C(C(N)=O)=C(O)[C@@]4(O)C(=O)C2=C3O)cc1CN(C)C. The molecule has 42 heavy (non-hydrogen) atoms. The van der Waals surface area contributed by atoms with Gasteiger partial charge in [-0.15, -0.1) is 0 Å². The number of amides is 1. The molecule has 0 aromatic heterocycles. The molecule has 11 heteroatoms. The molecule has 4 atom stereocenters. The van der Waals surface area contributed by atoms with Gasteiger partial charge in [0.15, 0.2) is 11.4 Å². The lowest BCUT2D eigenvalue weighted by Gasteiger charge is -2.50. The van der Waals surface area contributed by atoms with Crippen LogP contribution < -0.4 is 10.5 Å². The number of nitrogens with zero attached hydrogens (tertiary/aromatic N) is 2. The summed E-state index contributed by atoms with van der Waals surface area (Å²) in [6.45, 7) is 0.605. The van der Waals surface area contributed by atoms with Gasteiger partial charge in [-0.25, -0.2) is 0 Å². The van der Waals surface area contributed by atoms with E-state index in [4.69, 9.17) is 10.5 Å². The van der Waals surface area contributed by atoms with Gasteiger partial charge in [0.05, 0.1) is 18.7 Å². The van der Waals surface area contributed by atoms with Gasteiger partial charge < -0.3 is 35.8 Å². The minimum absolute atomic E-state index is 0.0232. The maximum Gasteiger partial charge on any atom is 0.255 e. The fraction of sp³-hybridized carbons (Fsp3) is 0.387. The summed E-state index contributed by atoms with van der Waals surface area (Å²) in [4.78, 5) is 43.0. The number of ether oxygens (including phenoxy) is 1. The highest BCUT2D eigenvalue weighted by Gasteiger charge is 2.64. The monoisotopic (exact) mass is 577 g/mol. The van der Waals surface area contributed by atoms with Gasteiger partial charge in [-0.2, -0.15) is 0 Å². The van der Waals surface area contributed by atoms with Gasteiger partial charge >= 0.3 is 0 Å². The molecule has 1 amide bonds. The van der Waals surface area contributed by atoms with E-state index in [0.717, 1.165) is 16.7 Å². The molecule has 1 saturated carbocycles. The Kier molecular flexibility index (Phi) is 7.16. The first-order valence-electron chi connectivity index (χ1n) is 13.6. The summed E-state index contributed by atoms with van der Waals surface area (Å²) >= 11 is 0. The molecule has 2 aromatic carbocycles. The Morgan fingerprint density at radius 3 is 2.38 bits per heavy atom. The first kappa shape index (κ1) is 29.3. The smallest absolute Gasteiger partial charge is 0.255 e. The Hall–Kier alpha value is -4.19. The van der Waals surface area contributed by atoms with E-state index in [1.54, 1.807) is 27.3 Å². The van der Waals surface area contributed by atoms with Crippen molar-refractivity contribution in [2.75, 3.05) is 35.3 Å². The lowest BCUT2D eigenvalue weighted by molar-refractivity contribution is -0.153. The van der Waals surface area contributed by atoms with Crippen molar-refractivity contribution in [2.24, 2.45) is 17.6 Å². The number of hydrogen-bond donors (Lipinski definition) is 5. The lowest BCUT2D eigenvalue weighted by atomic mass is 9.57. The number of likely N-dealkylation sites (N-methyl/N-ethyl adjacent to an activating group) is 1. The van der Waals surface area contributed by atoms with Crippen molar-refractivity contribution < 1.29 is 39.5 Å². The summed E-state index contributed by atoms with van der Waals surface area (Å²) in [6, 6.07) is 7.74. The molecule has 0 bridgehead atoms. The number of nitrogens with two attached hydrogens (primary N) is 1. The zero-order valence-electron chi connectivity index (χ0n) is 24.1. The highest BCUT2D eigenvalue weighted by molar-refractivity contribution is 6.24. The molecule has 1 unspecified atom stereocenters. The van der Waals surface area contributed by atoms with Crippen molar-refractivity contribution in [2.45, 2.75) is 31.0 Å². The minimum Gasteiger partial charge on any atom is -0.508 e. The fourth-order valence-electron chi connectivity index (χ4n) is 6.92. The van der Waals surface area contributed by atoms with Gasteiger partial charge in [0, 0.05) is 23.6 Å². The van der Waals surface area contributed by atoms with E-state index < -0.39 is 58.0 Å². The second-order valence-electron chi connectivity index (χ2n) is 11.7. The molecule has 3 aliphatic carbocycles. The summed E-state index contributed by atoms with van der Waals surface area (Å²) < 4.78 is 5.54. The number of aliphatic hydroxyl groups is 3. The molecular formula is C31H35N3O8. The third-order valence-corrected chi connectivity index (χ3v) is 8.68. The van der Waals surface area contributed by atoms with Crippen LogP contribution in [-0.4, -0.2) is 94.6 Å². The topological polar surface area (TPSA) is 174 Å². The van der Waals surface area contributed by atoms with Gasteiger partial charge in [-0.1, -0.05) is 12.1 Å². The number of Topliss-reactive ketones (excluding diaryl/α,β-unsaturated/α-hetero) is 2. The predicted octanol–water partition coefficient (Wildman–Crippen LogP) is 1.70. The summed E-state index contributed by atoms with van der Waals surface area (Å²) in [5, 5.41) is 45.2. The van der Waals surface area contributed by atoms with E-state index in [2.05, 4.69) is 0 Å². The summed E-state index contributed by atoms with van der Waals surface area (Å²) in [5.74, 6) is -6.07. The number of rotatable bonds is 6. The molecule has 11 nitrogen and oxygen atoms in total. The maximum absolute atomic E-state index is 14.0. The molecule has 0 heterocycles. The number of phenols is 1. The van der Waals surface area contributed by atoms with E-state index in [-0.39, 0.29) is 29.7 Å². The number of methoxy groups -OCH3 is 1. The van der Waals surface area contributed by atoms with Crippen LogP contribution in [-0.2, 0) is 27.3 Å². The first-order valence-corrected chi connectivity index (χ1v) is 13.6. The number of phenolic OH excluding ortho intramolecular Hbond substituents is 1. The van der Waals surface area contributed by atoms with E-state index in [9.17, 15) is 34.8 Å². The first-order chi connectivity index (χ1) is 19.7. The van der Waals surface area contributed by atoms with Crippen LogP contribution in [0.5, 0.6) is 11.5 Å². The molecule has 5 rings (SSSR count). The second kappa shape index (κ2) is 10.3. The summed E-state index contributed by atoms with van der Waals surface area (Å²) in [5.41, 5.74) is 4.81. The molecule has 1 fully saturated rings. The van der Waals surface area contributed by atoms with Gasteiger partial charge in [0.25, 0.3) is 5.91 Å². The van der Waals surface area contributed by atoms with Crippen LogP contribution in [0.1, 0.15) is 23.1 Å². The Balaban J connectivity index is 1.71. The Bertz CT molecular complexity index is 1590. The molecular weight excluding hydrogens is 542 g/mol. The van der Waals surface area contributed by atoms with Crippen LogP contribution in [0.25, 0.3) is 16.9 Å². The standard InChI is InChI=1S/C31H35N3O8/c1-33(2)13-16-10-14(6-9-21(16)42-5)17-7-8-20(35)23-18(17)11-15-12-19-25(34(3)4)27(37)24(30(32)40)29(39)31(19,41)28(38)22(15)26(23)36/h6-10,15,19,25,35-36,39,41H,11-13H2,1-5H3,(H2,32,40)/t15-,19?,25-,31-/m0/s1. The third kappa shape index (κ3) is 4.19. The van der Waals surface area contributed by atoms with Crippen LogP contribution in [0, 0.1) is 11.8 Å². The van der Waals surface area contributed by atoms with Crippen molar-refractivity contribution in [1.29, 1.82) is 0 Å². The fourth-order valence-corrected chi connectivity index (χ4v) is 6.92. The number of primary amides is 1. The molecule has 0 spiro atoms. The van der Waals surface area contributed by atoms with Crippen LogP contribution >= 0.6 is 0 Å². The lowest BCUT2D eigenvalue weighted by Crippen LogP contribution is -2.65. The minimum atomic E-state index is -2.67. The number of aromatic hydroxyl groups is 1. The van der Waals surface area contributed by atoms with E-state index in [1.807, 2.05) is 37.2 Å². The molecule has 0 aliphatic heterocycles. The van der Waals surface area contributed by atoms with Crippen molar-refractivity contribution in [3.8, 4) is 22.6 Å². The highest BCUT2D eigenvalue weighted by Crippen LogP contribution is 2.53. The van der Waals surface area contributed by atoms with Crippen molar-refractivity contribution in [3.63, 3.8) is 0 Å². The number of hydrogen-bond acceptors (Lipinski definition) is 10. The van der Waals surface area contributed by atoms with Gasteiger partial charge in [-0.05, 0) is 81.8 Å². The molecule has 2 aromatic rings. The zero-order valence-corrected chi connectivity index (χ0v) is 24.1. The summed E-state index contributed by atoms with van der Waals surface area (Å²) in [6.07, 6.45) is 0.225. The molecule has 0 radical (unpaired) electrons. The van der Waals surface area contributed by atoms with Gasteiger partial charge in [0.1, 0.15) is 28.6 Å². The van der Waals surface area contributed by atoms with Crippen LogP contribution in [0.4, 0.5) is 0 Å². The Morgan fingerprint density at radius 2 is 1.79 bits per heavy atom. The zero-order chi connectivity index (χ0) is 30.8. The molecule has 222 valence electrons. The molecule has 0 saturated heterocycles.